The second kappa shape index (κ2) is 10.7. The fourth-order valence-corrected chi connectivity index (χ4v) is 6.84. The summed E-state index contributed by atoms with van der Waals surface area (Å²) >= 11 is 0. The second-order valence-corrected chi connectivity index (χ2v) is 10.9. The number of aliphatic hydroxyl groups excluding tert-OH is 2. The van der Waals surface area contributed by atoms with E-state index in [1.807, 2.05) is 30.3 Å². The Hall–Kier alpha value is -2.01. The van der Waals surface area contributed by atoms with Gasteiger partial charge in [0.2, 0.25) is 0 Å². The number of fused-ring (bicyclic) bond motifs is 1. The number of hydrogen-bond acceptors (Lipinski definition) is 4. The molecule has 0 radical (unpaired) electrons. The maximum atomic E-state index is 12.4. The molecule has 1 aromatic rings. The Balaban J connectivity index is 1.39. The van der Waals surface area contributed by atoms with Gasteiger partial charge in [-0.2, -0.15) is 0 Å². The molecule has 0 bridgehead atoms. The van der Waals surface area contributed by atoms with Gasteiger partial charge < -0.3 is 14.9 Å². The summed E-state index contributed by atoms with van der Waals surface area (Å²) in [4.78, 5) is 12.4. The molecule has 0 aliphatic heterocycles. The predicted molar refractivity (Wildman–Crippen MR) is 135 cm³/mol. The summed E-state index contributed by atoms with van der Waals surface area (Å²) in [6.07, 6.45) is 10.1. The molecule has 2 unspecified atom stereocenters. The Morgan fingerprint density at radius 1 is 1.24 bits per heavy atom. The molecule has 4 nitrogen and oxygen atoms in total. The molecular formula is C30H40O4. The van der Waals surface area contributed by atoms with Crippen LogP contribution in [0.25, 0.3) is 0 Å². The molecule has 184 valence electrons. The largest absolute Gasteiger partial charge is 0.393 e. The molecule has 4 heteroatoms. The number of ketones is 1. The van der Waals surface area contributed by atoms with Crippen molar-refractivity contribution in [1.29, 1.82) is 0 Å². The molecule has 0 amide bonds. The minimum Gasteiger partial charge on any atom is -0.393 e. The van der Waals surface area contributed by atoms with Crippen molar-refractivity contribution in [1.82, 2.24) is 0 Å². The van der Waals surface area contributed by atoms with Gasteiger partial charge in [-0.1, -0.05) is 68.5 Å². The molecular weight excluding hydrogens is 424 g/mol. The lowest BCUT2D eigenvalue weighted by molar-refractivity contribution is 0.0333. The van der Waals surface area contributed by atoms with Crippen LogP contribution in [0.1, 0.15) is 69.2 Å². The number of Topliss-reactive ketones (excluding diaryl/α,β-unsaturated/α-hetero) is 1. The molecule has 3 fully saturated rings. The molecule has 3 aliphatic rings. The summed E-state index contributed by atoms with van der Waals surface area (Å²) < 4.78 is 5.90. The third kappa shape index (κ3) is 5.30. The molecule has 0 saturated heterocycles. The Kier molecular flexibility index (Phi) is 7.91. The summed E-state index contributed by atoms with van der Waals surface area (Å²) in [7, 11) is 0. The van der Waals surface area contributed by atoms with Crippen LogP contribution in [-0.2, 0) is 4.74 Å². The minimum atomic E-state index is -0.643. The van der Waals surface area contributed by atoms with Crippen molar-refractivity contribution in [2.45, 2.75) is 71.0 Å². The van der Waals surface area contributed by atoms with E-state index in [4.69, 9.17) is 4.74 Å². The van der Waals surface area contributed by atoms with Crippen molar-refractivity contribution < 1.29 is 19.7 Å². The van der Waals surface area contributed by atoms with Crippen LogP contribution >= 0.6 is 0 Å². The van der Waals surface area contributed by atoms with Gasteiger partial charge in [-0.25, -0.2) is 0 Å². The molecule has 6 atom stereocenters. The number of aliphatic hydroxyl groups is 2. The van der Waals surface area contributed by atoms with E-state index < -0.39 is 12.2 Å². The van der Waals surface area contributed by atoms with Crippen LogP contribution in [0.3, 0.4) is 0 Å². The van der Waals surface area contributed by atoms with Crippen molar-refractivity contribution in [2.75, 3.05) is 13.2 Å². The first-order valence-electron chi connectivity index (χ1n) is 12.9. The van der Waals surface area contributed by atoms with Crippen LogP contribution in [-0.4, -0.2) is 41.4 Å². The molecule has 2 N–H and O–H groups in total. The van der Waals surface area contributed by atoms with Gasteiger partial charge >= 0.3 is 0 Å². The van der Waals surface area contributed by atoms with Crippen LogP contribution in [0.15, 0.2) is 65.8 Å². The van der Waals surface area contributed by atoms with Gasteiger partial charge in [0, 0.05) is 12.0 Å². The van der Waals surface area contributed by atoms with Crippen LogP contribution < -0.4 is 0 Å². The molecule has 1 aromatic carbocycles. The van der Waals surface area contributed by atoms with Crippen LogP contribution in [0.2, 0.25) is 0 Å². The number of carbonyl (C=O) groups is 1. The Bertz CT molecular complexity index is 946. The van der Waals surface area contributed by atoms with Crippen molar-refractivity contribution in [3.63, 3.8) is 0 Å². The third-order valence-corrected chi connectivity index (χ3v) is 8.70. The highest BCUT2D eigenvalue weighted by molar-refractivity contribution is 5.96. The highest BCUT2D eigenvalue weighted by Crippen LogP contribution is 2.59. The SMILES string of the molecule is C=C1/C(=C\C=C2/CCCC3(C)[C@@H]([C@H](C)COCC(=O)c4ccccc4)CC[C@@H]23)C[C@@H](O)CC1O. The van der Waals surface area contributed by atoms with Gasteiger partial charge in [-0.05, 0) is 72.8 Å². The van der Waals surface area contributed by atoms with Crippen LogP contribution in [0, 0.1) is 23.2 Å². The average molecular weight is 465 g/mol. The lowest BCUT2D eigenvalue weighted by atomic mass is 9.61. The zero-order valence-electron chi connectivity index (χ0n) is 20.7. The molecule has 34 heavy (non-hydrogen) atoms. The predicted octanol–water partition coefficient (Wildman–Crippen LogP) is 5.66. The molecule has 3 saturated carbocycles. The zero-order chi connectivity index (χ0) is 24.3. The van der Waals surface area contributed by atoms with Gasteiger partial charge in [-0.3, -0.25) is 4.79 Å². The van der Waals surface area contributed by atoms with Crippen molar-refractivity contribution in [2.24, 2.45) is 23.2 Å². The second-order valence-electron chi connectivity index (χ2n) is 10.9. The quantitative estimate of drug-likeness (QED) is 0.511. The van der Waals surface area contributed by atoms with Crippen LogP contribution in [0.5, 0.6) is 0 Å². The average Bonchev–Trinajstić information content (AvgIpc) is 3.18. The fourth-order valence-electron chi connectivity index (χ4n) is 6.84. The highest BCUT2D eigenvalue weighted by atomic mass is 16.5. The monoisotopic (exact) mass is 464 g/mol. The first kappa shape index (κ1) is 25.1. The van der Waals surface area contributed by atoms with E-state index in [9.17, 15) is 15.0 Å². The summed E-state index contributed by atoms with van der Waals surface area (Å²) in [6, 6.07) is 9.36. The minimum absolute atomic E-state index is 0.0405. The molecule has 3 aliphatic carbocycles. The number of hydrogen-bond donors (Lipinski definition) is 2. The van der Waals surface area contributed by atoms with Gasteiger partial charge in [0.05, 0.1) is 18.8 Å². The van der Waals surface area contributed by atoms with E-state index in [2.05, 4.69) is 32.6 Å². The van der Waals surface area contributed by atoms with E-state index in [0.29, 0.717) is 42.8 Å². The van der Waals surface area contributed by atoms with Gasteiger partial charge in [0.25, 0.3) is 0 Å². The van der Waals surface area contributed by atoms with Gasteiger partial charge in [0.15, 0.2) is 5.78 Å². The number of carbonyl (C=O) groups excluding carboxylic acids is 1. The first-order valence-corrected chi connectivity index (χ1v) is 12.9. The van der Waals surface area contributed by atoms with E-state index in [-0.39, 0.29) is 17.8 Å². The Morgan fingerprint density at radius 2 is 2.00 bits per heavy atom. The molecule has 0 heterocycles. The Labute approximate surface area is 204 Å². The smallest absolute Gasteiger partial charge is 0.188 e. The summed E-state index contributed by atoms with van der Waals surface area (Å²) in [6.45, 7) is 9.54. The van der Waals surface area contributed by atoms with E-state index in [1.54, 1.807) is 0 Å². The van der Waals surface area contributed by atoms with Crippen molar-refractivity contribution in [3.05, 3.63) is 71.3 Å². The van der Waals surface area contributed by atoms with E-state index >= 15 is 0 Å². The maximum Gasteiger partial charge on any atom is 0.188 e. The van der Waals surface area contributed by atoms with Crippen molar-refractivity contribution in [3.8, 4) is 0 Å². The number of allylic oxidation sites excluding steroid dienone is 3. The van der Waals surface area contributed by atoms with Gasteiger partial charge in [0.1, 0.15) is 6.61 Å². The number of benzene rings is 1. The maximum absolute atomic E-state index is 12.4. The highest BCUT2D eigenvalue weighted by Gasteiger charge is 2.50. The molecule has 0 aromatic heterocycles. The summed E-state index contributed by atoms with van der Waals surface area (Å²) in [5, 5.41) is 20.2. The van der Waals surface area contributed by atoms with E-state index in [1.165, 1.54) is 31.3 Å². The van der Waals surface area contributed by atoms with Gasteiger partial charge in [-0.15, -0.1) is 0 Å². The lowest BCUT2D eigenvalue weighted by Gasteiger charge is -2.44. The van der Waals surface area contributed by atoms with Crippen molar-refractivity contribution >= 4 is 5.78 Å². The zero-order valence-corrected chi connectivity index (χ0v) is 20.7. The third-order valence-electron chi connectivity index (χ3n) is 8.70. The molecule has 0 spiro atoms. The van der Waals surface area contributed by atoms with Crippen LogP contribution in [0.4, 0.5) is 0 Å². The Morgan fingerprint density at radius 3 is 2.76 bits per heavy atom. The fraction of sp³-hybridized carbons (Fsp3) is 0.567. The topological polar surface area (TPSA) is 66.8 Å². The standard InChI is InChI=1S/C30H40O4/c1-20(18-34-19-29(33)23-8-5-4-6-9-23)26-13-14-27-22(10-7-15-30(26,27)3)11-12-24-16-25(31)17-28(32)21(24)2/h4-6,8-9,11-12,20,25-28,31-32H,2,7,10,13-19H2,1,3H3/b22-11+,24-12-/t20-,25-,26-,27+,28?,30?/m1/s1. The lowest BCUT2D eigenvalue weighted by Crippen LogP contribution is -2.37. The summed E-state index contributed by atoms with van der Waals surface area (Å²) in [5.74, 6) is 1.58. The normalized spacial score (nSPS) is 34.9. The number of rotatable bonds is 7. The number of ether oxygens (including phenoxy) is 1. The first-order chi connectivity index (χ1) is 16.3. The van der Waals surface area contributed by atoms with E-state index in [0.717, 1.165) is 17.6 Å². The summed E-state index contributed by atoms with van der Waals surface area (Å²) in [5.41, 5.74) is 4.18. The molecule has 4 rings (SSSR count).